The molecule has 21 heavy (non-hydrogen) atoms. The Morgan fingerprint density at radius 3 is 2.71 bits per heavy atom. The fourth-order valence-corrected chi connectivity index (χ4v) is 3.04. The number of hydrogen-bond acceptors (Lipinski definition) is 4. The van der Waals surface area contributed by atoms with E-state index < -0.39 is 0 Å². The van der Waals surface area contributed by atoms with E-state index in [1.807, 2.05) is 12.4 Å². The molecule has 108 valence electrons. The van der Waals surface area contributed by atoms with Crippen molar-refractivity contribution in [3.63, 3.8) is 0 Å². The molecule has 2 heterocycles. The molecule has 0 fully saturated rings. The second kappa shape index (κ2) is 6.28. The van der Waals surface area contributed by atoms with E-state index in [0.717, 1.165) is 35.0 Å². The quantitative estimate of drug-likeness (QED) is 0.768. The first-order valence-electron chi connectivity index (χ1n) is 6.73. The van der Waals surface area contributed by atoms with Crippen molar-refractivity contribution in [1.82, 2.24) is 14.5 Å². The molecule has 3 rings (SSSR count). The van der Waals surface area contributed by atoms with Crippen molar-refractivity contribution >= 4 is 28.6 Å². The van der Waals surface area contributed by atoms with Crippen LogP contribution >= 0.6 is 22.9 Å². The van der Waals surface area contributed by atoms with Gasteiger partial charge in [0.15, 0.2) is 4.47 Å². The number of rotatable bonds is 5. The zero-order valence-corrected chi connectivity index (χ0v) is 13.2. The van der Waals surface area contributed by atoms with Crippen LogP contribution in [-0.2, 0) is 13.0 Å². The number of thiazole rings is 1. The maximum Gasteiger partial charge on any atom is 0.183 e. The molecule has 0 radical (unpaired) electrons. The van der Waals surface area contributed by atoms with Gasteiger partial charge >= 0.3 is 0 Å². The third-order valence-corrected chi connectivity index (χ3v) is 4.29. The summed E-state index contributed by atoms with van der Waals surface area (Å²) < 4.78 is 2.68. The van der Waals surface area contributed by atoms with Crippen molar-refractivity contribution in [2.45, 2.75) is 19.9 Å². The summed E-state index contributed by atoms with van der Waals surface area (Å²) in [6.45, 7) is 2.84. The van der Waals surface area contributed by atoms with Crippen LogP contribution in [0.5, 0.6) is 0 Å². The molecule has 0 aliphatic heterocycles. The summed E-state index contributed by atoms with van der Waals surface area (Å²) in [5.74, 6) is 1.06. The van der Waals surface area contributed by atoms with Crippen LogP contribution in [0.25, 0.3) is 5.69 Å². The van der Waals surface area contributed by atoms with E-state index in [1.165, 1.54) is 11.3 Å². The topological polar surface area (TPSA) is 42.7 Å². The molecule has 0 amide bonds. The molecule has 0 spiro atoms. The molecule has 1 aromatic carbocycles. The first-order valence-corrected chi connectivity index (χ1v) is 7.92. The fourth-order valence-electron chi connectivity index (χ4n) is 2.13. The molecule has 0 unspecified atom stereocenters. The van der Waals surface area contributed by atoms with Crippen molar-refractivity contribution in [3.8, 4) is 5.69 Å². The van der Waals surface area contributed by atoms with Crippen LogP contribution in [0, 0.1) is 0 Å². The molecule has 4 nitrogen and oxygen atoms in total. The summed E-state index contributed by atoms with van der Waals surface area (Å²) in [5.41, 5.74) is 2.19. The van der Waals surface area contributed by atoms with Gasteiger partial charge in [-0.1, -0.05) is 18.5 Å². The summed E-state index contributed by atoms with van der Waals surface area (Å²) in [6, 6.07) is 8.31. The molecule has 0 atom stereocenters. The van der Waals surface area contributed by atoms with Crippen molar-refractivity contribution in [3.05, 3.63) is 58.0 Å². The van der Waals surface area contributed by atoms with Crippen LogP contribution in [-0.4, -0.2) is 14.5 Å². The molecule has 2 aromatic heterocycles. The molecule has 3 aromatic rings. The van der Waals surface area contributed by atoms with E-state index in [0.29, 0.717) is 4.47 Å². The van der Waals surface area contributed by atoms with Gasteiger partial charge in [0, 0.05) is 41.3 Å². The Bertz CT molecular complexity index is 717. The van der Waals surface area contributed by atoms with Crippen LogP contribution in [0.15, 0.2) is 42.9 Å². The molecule has 0 aliphatic rings. The van der Waals surface area contributed by atoms with Gasteiger partial charge in [-0.05, 0) is 24.3 Å². The van der Waals surface area contributed by atoms with Gasteiger partial charge < -0.3 is 9.88 Å². The second-order valence-corrected chi connectivity index (χ2v) is 6.24. The van der Waals surface area contributed by atoms with Crippen molar-refractivity contribution in [1.29, 1.82) is 0 Å². The van der Waals surface area contributed by atoms with Gasteiger partial charge in [-0.2, -0.15) is 0 Å². The molecule has 0 saturated heterocycles. The van der Waals surface area contributed by atoms with E-state index in [4.69, 9.17) is 11.6 Å². The summed E-state index contributed by atoms with van der Waals surface area (Å²) in [7, 11) is 0. The van der Waals surface area contributed by atoms with Crippen LogP contribution in [0.3, 0.4) is 0 Å². The Hall–Kier alpha value is -1.85. The Labute approximate surface area is 132 Å². The Kier molecular flexibility index (Phi) is 4.22. The van der Waals surface area contributed by atoms with E-state index in [2.05, 4.69) is 51.0 Å². The average Bonchev–Trinajstić information content (AvgIpc) is 3.14. The van der Waals surface area contributed by atoms with Gasteiger partial charge in [0.1, 0.15) is 5.82 Å². The second-order valence-electron chi connectivity index (χ2n) is 4.55. The number of aromatic nitrogens is 3. The van der Waals surface area contributed by atoms with Crippen molar-refractivity contribution < 1.29 is 0 Å². The minimum absolute atomic E-state index is 0.578. The summed E-state index contributed by atoms with van der Waals surface area (Å²) in [4.78, 5) is 9.49. The molecule has 6 heteroatoms. The van der Waals surface area contributed by atoms with Gasteiger partial charge in [0.25, 0.3) is 0 Å². The van der Waals surface area contributed by atoms with Gasteiger partial charge in [0.05, 0.1) is 6.54 Å². The SMILES string of the molecule is CCc1nccn1-c1ccc(NCc2cnc(Cl)s2)cc1. The first-order chi connectivity index (χ1) is 10.3. The smallest absolute Gasteiger partial charge is 0.183 e. The monoisotopic (exact) mass is 318 g/mol. The zero-order valence-electron chi connectivity index (χ0n) is 11.6. The van der Waals surface area contributed by atoms with Gasteiger partial charge in [-0.15, -0.1) is 11.3 Å². The van der Waals surface area contributed by atoms with Crippen LogP contribution in [0.1, 0.15) is 17.6 Å². The van der Waals surface area contributed by atoms with E-state index in [1.54, 1.807) is 6.20 Å². The first kappa shape index (κ1) is 14.1. The number of aryl methyl sites for hydroxylation is 1. The Morgan fingerprint density at radius 2 is 2.05 bits per heavy atom. The number of nitrogens with zero attached hydrogens (tertiary/aromatic N) is 3. The van der Waals surface area contributed by atoms with Gasteiger partial charge in [-0.25, -0.2) is 9.97 Å². The highest BCUT2D eigenvalue weighted by molar-refractivity contribution is 7.15. The van der Waals surface area contributed by atoms with Crippen LogP contribution < -0.4 is 5.32 Å². The highest BCUT2D eigenvalue weighted by Crippen LogP contribution is 2.20. The van der Waals surface area contributed by atoms with E-state index in [9.17, 15) is 0 Å². The predicted molar refractivity (Wildman–Crippen MR) is 87.4 cm³/mol. The zero-order chi connectivity index (χ0) is 14.7. The minimum atomic E-state index is 0.578. The van der Waals surface area contributed by atoms with Crippen molar-refractivity contribution in [2.75, 3.05) is 5.32 Å². The number of halogens is 1. The number of nitrogens with one attached hydrogen (secondary N) is 1. The summed E-state index contributed by atoms with van der Waals surface area (Å²) in [5, 5.41) is 3.36. The predicted octanol–water partition coefficient (Wildman–Crippen LogP) is 4.16. The molecule has 1 N–H and O–H groups in total. The highest BCUT2D eigenvalue weighted by atomic mass is 35.5. The number of anilines is 1. The maximum absolute atomic E-state index is 5.82. The van der Waals surface area contributed by atoms with Gasteiger partial charge in [-0.3, -0.25) is 0 Å². The lowest BCUT2D eigenvalue weighted by Gasteiger charge is -2.09. The maximum atomic E-state index is 5.82. The average molecular weight is 319 g/mol. The van der Waals surface area contributed by atoms with Gasteiger partial charge in [0.2, 0.25) is 0 Å². The molecule has 0 aliphatic carbocycles. The van der Waals surface area contributed by atoms with Crippen LogP contribution in [0.4, 0.5) is 5.69 Å². The third kappa shape index (κ3) is 3.25. The normalized spacial score (nSPS) is 10.8. The summed E-state index contributed by atoms with van der Waals surface area (Å²) in [6.07, 6.45) is 6.53. The largest absolute Gasteiger partial charge is 0.380 e. The third-order valence-electron chi connectivity index (χ3n) is 3.17. The standard InChI is InChI=1S/C15H15ClN4S/c1-2-14-17-7-8-20(14)12-5-3-11(4-6-12)18-9-13-10-19-15(16)21-13/h3-8,10,18H,2,9H2,1H3. The van der Waals surface area contributed by atoms with Crippen LogP contribution in [0.2, 0.25) is 4.47 Å². The number of hydrogen-bond donors (Lipinski definition) is 1. The summed E-state index contributed by atoms with van der Waals surface area (Å²) >= 11 is 7.31. The Balaban J connectivity index is 1.69. The number of benzene rings is 1. The molecule has 0 bridgehead atoms. The molecule has 0 saturated carbocycles. The molecular formula is C15H15ClN4S. The lowest BCUT2D eigenvalue weighted by atomic mass is 10.2. The highest BCUT2D eigenvalue weighted by Gasteiger charge is 2.03. The Morgan fingerprint density at radius 1 is 1.24 bits per heavy atom. The molecular weight excluding hydrogens is 304 g/mol. The van der Waals surface area contributed by atoms with Crippen molar-refractivity contribution in [2.24, 2.45) is 0 Å². The fraction of sp³-hybridized carbons (Fsp3) is 0.200. The van der Waals surface area contributed by atoms with E-state index in [-0.39, 0.29) is 0 Å². The lowest BCUT2D eigenvalue weighted by molar-refractivity contribution is 0.891. The number of imidazole rings is 1. The lowest BCUT2D eigenvalue weighted by Crippen LogP contribution is -2.00. The van der Waals surface area contributed by atoms with E-state index >= 15 is 0 Å². The minimum Gasteiger partial charge on any atom is -0.380 e.